The van der Waals surface area contributed by atoms with Crippen molar-refractivity contribution in [1.82, 2.24) is 10.6 Å². The minimum Gasteiger partial charge on any atom is -0.354 e. The summed E-state index contributed by atoms with van der Waals surface area (Å²) in [4.78, 5) is 23.4. The number of nitrogens with two attached hydrogens (primary N) is 1. The van der Waals surface area contributed by atoms with Crippen molar-refractivity contribution >= 4 is 23.4 Å². The monoisotopic (exact) mass is 323 g/mol. The average molecular weight is 324 g/mol. The maximum absolute atomic E-state index is 12.1. The molecule has 22 heavy (non-hydrogen) atoms. The quantitative estimate of drug-likeness (QED) is 0.715. The molecule has 0 aromatic heterocycles. The molecule has 1 saturated carbocycles. The van der Waals surface area contributed by atoms with E-state index in [2.05, 4.69) is 10.6 Å². The molecule has 4 N–H and O–H groups in total. The molecule has 2 unspecified atom stereocenters. The lowest BCUT2D eigenvalue weighted by Gasteiger charge is -2.19. The first-order chi connectivity index (χ1) is 10.5. The molecule has 2 amide bonds. The highest BCUT2D eigenvalue weighted by atomic mass is 35.5. The second-order valence-corrected chi connectivity index (χ2v) is 6.25. The molecule has 1 aliphatic carbocycles. The van der Waals surface area contributed by atoms with Gasteiger partial charge in [-0.05, 0) is 36.5 Å². The van der Waals surface area contributed by atoms with Crippen LogP contribution in [0.2, 0.25) is 5.02 Å². The van der Waals surface area contributed by atoms with Crippen molar-refractivity contribution in [2.24, 2.45) is 11.7 Å². The largest absolute Gasteiger partial charge is 0.354 e. The summed E-state index contributed by atoms with van der Waals surface area (Å²) in [6.45, 7) is 1.92. The Morgan fingerprint density at radius 3 is 2.50 bits per heavy atom. The van der Waals surface area contributed by atoms with Crippen LogP contribution in [-0.2, 0) is 9.59 Å². The zero-order chi connectivity index (χ0) is 16.1. The lowest BCUT2D eigenvalue weighted by molar-refractivity contribution is -0.122. The number of amides is 2. The predicted molar refractivity (Wildman–Crippen MR) is 86.3 cm³/mol. The van der Waals surface area contributed by atoms with Crippen LogP contribution in [0.1, 0.15) is 37.8 Å². The third-order valence-electron chi connectivity index (χ3n) is 3.80. The Kier molecular flexibility index (Phi) is 5.80. The maximum Gasteiger partial charge on any atom is 0.222 e. The van der Waals surface area contributed by atoms with Crippen molar-refractivity contribution in [3.8, 4) is 0 Å². The third kappa shape index (κ3) is 5.31. The van der Waals surface area contributed by atoms with E-state index < -0.39 is 0 Å². The molecule has 1 aromatic carbocycles. The summed E-state index contributed by atoms with van der Waals surface area (Å²) < 4.78 is 0. The van der Waals surface area contributed by atoms with Crippen LogP contribution in [0.5, 0.6) is 0 Å². The minimum absolute atomic E-state index is 0.0266. The van der Waals surface area contributed by atoms with Crippen LogP contribution >= 0.6 is 11.6 Å². The van der Waals surface area contributed by atoms with Crippen molar-refractivity contribution < 1.29 is 9.59 Å². The first-order valence-electron chi connectivity index (χ1n) is 7.50. The topological polar surface area (TPSA) is 84.2 Å². The number of benzene rings is 1. The summed E-state index contributed by atoms with van der Waals surface area (Å²) >= 11 is 5.87. The highest BCUT2D eigenvalue weighted by Crippen LogP contribution is 2.31. The zero-order valence-corrected chi connectivity index (χ0v) is 13.4. The van der Waals surface area contributed by atoms with E-state index in [9.17, 15) is 9.59 Å². The Morgan fingerprint density at radius 2 is 1.95 bits per heavy atom. The van der Waals surface area contributed by atoms with E-state index in [1.807, 2.05) is 12.1 Å². The Balaban J connectivity index is 1.91. The van der Waals surface area contributed by atoms with E-state index >= 15 is 0 Å². The first kappa shape index (κ1) is 16.8. The number of carbonyl (C=O) groups is 2. The lowest BCUT2D eigenvalue weighted by Crippen LogP contribution is -2.40. The van der Waals surface area contributed by atoms with Gasteiger partial charge in [0.25, 0.3) is 0 Å². The van der Waals surface area contributed by atoms with E-state index in [1.54, 1.807) is 12.1 Å². The van der Waals surface area contributed by atoms with Crippen molar-refractivity contribution in [2.45, 2.75) is 38.3 Å². The number of halogens is 1. The molecule has 1 aromatic rings. The van der Waals surface area contributed by atoms with Crippen molar-refractivity contribution in [3.05, 3.63) is 34.9 Å². The van der Waals surface area contributed by atoms with Crippen LogP contribution in [0.25, 0.3) is 0 Å². The van der Waals surface area contributed by atoms with Crippen molar-refractivity contribution in [1.29, 1.82) is 0 Å². The van der Waals surface area contributed by atoms with Gasteiger partial charge in [0.2, 0.25) is 11.8 Å². The van der Waals surface area contributed by atoms with Gasteiger partial charge in [0, 0.05) is 24.5 Å². The number of hydrogen-bond donors (Lipinski definition) is 3. The Hall–Kier alpha value is -1.59. The smallest absolute Gasteiger partial charge is 0.222 e. The molecular weight excluding hydrogens is 302 g/mol. The standard InChI is InChI=1S/C16H22ClN3O2/c1-10(21)20-15(12-4-6-13(17)7-5-12)8-16(22)19-9-14(18)11-2-3-11/h4-7,11,14-15H,2-3,8-9,18H2,1H3,(H,19,22)(H,20,21). The second-order valence-electron chi connectivity index (χ2n) is 5.81. The van der Waals surface area contributed by atoms with Crippen LogP contribution in [-0.4, -0.2) is 24.4 Å². The maximum atomic E-state index is 12.1. The molecule has 1 fully saturated rings. The zero-order valence-electron chi connectivity index (χ0n) is 12.6. The number of carbonyl (C=O) groups excluding carboxylic acids is 2. The molecule has 2 rings (SSSR count). The summed E-state index contributed by atoms with van der Waals surface area (Å²) in [6, 6.07) is 6.77. The van der Waals surface area contributed by atoms with Crippen LogP contribution < -0.4 is 16.4 Å². The van der Waals surface area contributed by atoms with E-state index in [0.717, 1.165) is 18.4 Å². The molecule has 0 heterocycles. The molecule has 0 spiro atoms. The fourth-order valence-electron chi connectivity index (χ4n) is 2.37. The molecule has 0 aliphatic heterocycles. The molecule has 0 radical (unpaired) electrons. The molecule has 0 saturated heterocycles. The summed E-state index contributed by atoms with van der Waals surface area (Å²) in [5, 5.41) is 6.26. The van der Waals surface area contributed by atoms with Crippen LogP contribution in [0.4, 0.5) is 0 Å². The van der Waals surface area contributed by atoms with Gasteiger partial charge in [0.1, 0.15) is 0 Å². The van der Waals surface area contributed by atoms with Crippen molar-refractivity contribution in [3.63, 3.8) is 0 Å². The van der Waals surface area contributed by atoms with Crippen LogP contribution in [0, 0.1) is 5.92 Å². The van der Waals surface area contributed by atoms with Crippen LogP contribution in [0.15, 0.2) is 24.3 Å². The molecule has 0 bridgehead atoms. The van der Waals surface area contributed by atoms with Crippen LogP contribution in [0.3, 0.4) is 0 Å². The molecule has 5 nitrogen and oxygen atoms in total. The summed E-state index contributed by atoms with van der Waals surface area (Å²) in [6.07, 6.45) is 2.48. The van der Waals surface area contributed by atoms with Gasteiger partial charge in [-0.2, -0.15) is 0 Å². The van der Waals surface area contributed by atoms with Gasteiger partial charge in [-0.3, -0.25) is 9.59 Å². The molecule has 6 heteroatoms. The predicted octanol–water partition coefficient (Wildman–Crippen LogP) is 1.76. The molecule has 2 atom stereocenters. The van der Waals surface area contributed by atoms with E-state index in [1.165, 1.54) is 6.92 Å². The Labute approximate surface area is 135 Å². The Morgan fingerprint density at radius 1 is 1.32 bits per heavy atom. The number of nitrogens with one attached hydrogen (secondary N) is 2. The highest BCUT2D eigenvalue weighted by molar-refractivity contribution is 6.30. The second kappa shape index (κ2) is 7.61. The fourth-order valence-corrected chi connectivity index (χ4v) is 2.50. The summed E-state index contributed by atoms with van der Waals surface area (Å²) in [5.41, 5.74) is 6.82. The Bertz CT molecular complexity index is 529. The molecule has 120 valence electrons. The van der Waals surface area contributed by atoms with Gasteiger partial charge in [0.05, 0.1) is 12.5 Å². The normalized spacial score (nSPS) is 16.7. The molecular formula is C16H22ClN3O2. The van der Waals surface area contributed by atoms with Gasteiger partial charge in [-0.1, -0.05) is 23.7 Å². The van der Waals surface area contributed by atoms with Gasteiger partial charge >= 0.3 is 0 Å². The lowest BCUT2D eigenvalue weighted by atomic mass is 10.0. The third-order valence-corrected chi connectivity index (χ3v) is 4.05. The van der Waals surface area contributed by atoms with E-state index in [4.69, 9.17) is 17.3 Å². The van der Waals surface area contributed by atoms with Gasteiger partial charge < -0.3 is 16.4 Å². The van der Waals surface area contributed by atoms with Gasteiger partial charge in [0.15, 0.2) is 0 Å². The fraction of sp³-hybridized carbons (Fsp3) is 0.500. The SMILES string of the molecule is CC(=O)NC(CC(=O)NCC(N)C1CC1)c1ccc(Cl)cc1. The van der Waals surface area contributed by atoms with Crippen molar-refractivity contribution in [2.75, 3.05) is 6.54 Å². The number of rotatable bonds is 7. The van der Waals surface area contributed by atoms with Gasteiger partial charge in [-0.25, -0.2) is 0 Å². The van der Waals surface area contributed by atoms with E-state index in [0.29, 0.717) is 17.5 Å². The minimum atomic E-state index is -0.369. The highest BCUT2D eigenvalue weighted by Gasteiger charge is 2.28. The van der Waals surface area contributed by atoms with E-state index in [-0.39, 0.29) is 30.3 Å². The molecule has 1 aliphatic rings. The average Bonchev–Trinajstić information content (AvgIpc) is 3.29. The van der Waals surface area contributed by atoms with Gasteiger partial charge in [-0.15, -0.1) is 0 Å². The summed E-state index contributed by atoms with van der Waals surface area (Å²) in [7, 11) is 0. The number of hydrogen-bond acceptors (Lipinski definition) is 3. The first-order valence-corrected chi connectivity index (χ1v) is 7.88. The summed E-state index contributed by atoms with van der Waals surface area (Å²) in [5.74, 6) is 0.245.